The van der Waals surface area contributed by atoms with E-state index in [2.05, 4.69) is 17.2 Å². The van der Waals surface area contributed by atoms with Crippen LogP contribution in [0.3, 0.4) is 0 Å². The normalized spacial score (nSPS) is 14.2. The highest BCUT2D eigenvalue weighted by molar-refractivity contribution is 5.77. The summed E-state index contributed by atoms with van der Waals surface area (Å²) in [4.78, 5) is 4.07. The summed E-state index contributed by atoms with van der Waals surface area (Å²) >= 11 is 0. The Morgan fingerprint density at radius 2 is 2.23 bits per heavy atom. The van der Waals surface area contributed by atoms with Crippen LogP contribution in [0.5, 0.6) is 0 Å². The molecule has 0 aromatic heterocycles. The molecule has 0 aliphatic heterocycles. The van der Waals surface area contributed by atoms with Crippen molar-refractivity contribution >= 4 is 5.96 Å². The van der Waals surface area contributed by atoms with Crippen LogP contribution in [-0.4, -0.2) is 30.3 Å². The van der Waals surface area contributed by atoms with Crippen molar-refractivity contribution in [1.29, 1.82) is 0 Å². The second-order valence-electron chi connectivity index (χ2n) is 3.04. The number of nitrogens with zero attached hydrogens (tertiary/aromatic N) is 1. The lowest BCUT2D eigenvalue weighted by Crippen LogP contribution is -2.33. The Bertz CT molecular complexity index is 148. The summed E-state index contributed by atoms with van der Waals surface area (Å²) in [6, 6.07) is 0. The summed E-state index contributed by atoms with van der Waals surface area (Å²) in [5.41, 5.74) is 5.54. The van der Waals surface area contributed by atoms with E-state index in [-0.39, 0.29) is 6.10 Å². The minimum absolute atomic E-state index is 0.230. The lowest BCUT2D eigenvalue weighted by molar-refractivity contribution is 0.161. The second-order valence-corrected chi connectivity index (χ2v) is 3.04. The smallest absolute Gasteiger partial charge is 0.188 e. The first-order valence-corrected chi connectivity index (χ1v) is 4.92. The fourth-order valence-corrected chi connectivity index (χ4v) is 0.859. The van der Waals surface area contributed by atoms with E-state index in [1.165, 1.54) is 0 Å². The molecule has 4 nitrogen and oxygen atoms in total. The standard InChI is InChI=1S/C9H21N3O/c1-3-6-11-9(10)12-7-5-8(13)4-2/h8,13H,3-7H2,1-2H3,(H3,10,11,12). The fourth-order valence-electron chi connectivity index (χ4n) is 0.859. The Morgan fingerprint density at radius 3 is 2.77 bits per heavy atom. The molecule has 0 aromatic carbocycles. The highest BCUT2D eigenvalue weighted by atomic mass is 16.3. The molecule has 78 valence electrons. The number of nitrogens with one attached hydrogen (secondary N) is 1. The van der Waals surface area contributed by atoms with Crippen LogP contribution >= 0.6 is 0 Å². The van der Waals surface area contributed by atoms with Gasteiger partial charge in [-0.05, 0) is 19.3 Å². The number of hydrogen-bond acceptors (Lipinski definition) is 2. The maximum atomic E-state index is 9.23. The van der Waals surface area contributed by atoms with Gasteiger partial charge in [-0.1, -0.05) is 13.8 Å². The number of nitrogens with two attached hydrogens (primary N) is 1. The van der Waals surface area contributed by atoms with E-state index in [4.69, 9.17) is 5.73 Å². The third kappa shape index (κ3) is 7.59. The topological polar surface area (TPSA) is 70.6 Å². The van der Waals surface area contributed by atoms with Gasteiger partial charge in [-0.15, -0.1) is 0 Å². The fraction of sp³-hybridized carbons (Fsp3) is 0.889. The van der Waals surface area contributed by atoms with E-state index in [0.29, 0.717) is 12.5 Å². The molecule has 4 N–H and O–H groups in total. The first kappa shape index (κ1) is 12.2. The quantitative estimate of drug-likeness (QED) is 0.418. The summed E-state index contributed by atoms with van der Waals surface area (Å²) in [5.74, 6) is 0.477. The van der Waals surface area contributed by atoms with E-state index in [9.17, 15) is 5.11 Å². The molecule has 1 unspecified atom stereocenters. The van der Waals surface area contributed by atoms with Gasteiger partial charge in [0.25, 0.3) is 0 Å². The van der Waals surface area contributed by atoms with Crippen molar-refractivity contribution in [3.8, 4) is 0 Å². The summed E-state index contributed by atoms with van der Waals surface area (Å²) < 4.78 is 0. The lowest BCUT2D eigenvalue weighted by Gasteiger charge is -2.08. The molecule has 0 bridgehead atoms. The van der Waals surface area contributed by atoms with E-state index >= 15 is 0 Å². The molecule has 0 heterocycles. The molecular formula is C9H21N3O. The number of aliphatic hydroxyl groups is 1. The Balaban J connectivity index is 3.41. The highest BCUT2D eigenvalue weighted by Gasteiger charge is 1.99. The summed E-state index contributed by atoms with van der Waals surface area (Å²) in [6.45, 7) is 5.46. The van der Waals surface area contributed by atoms with Gasteiger partial charge in [-0.3, -0.25) is 4.99 Å². The van der Waals surface area contributed by atoms with Gasteiger partial charge >= 0.3 is 0 Å². The third-order valence-corrected chi connectivity index (χ3v) is 1.76. The number of aliphatic imine (C=N–C) groups is 1. The largest absolute Gasteiger partial charge is 0.393 e. The van der Waals surface area contributed by atoms with Crippen molar-refractivity contribution in [2.45, 2.75) is 39.2 Å². The van der Waals surface area contributed by atoms with Gasteiger partial charge < -0.3 is 16.2 Å². The maximum Gasteiger partial charge on any atom is 0.188 e. The van der Waals surface area contributed by atoms with Crippen LogP contribution in [0.1, 0.15) is 33.1 Å². The van der Waals surface area contributed by atoms with E-state index in [0.717, 1.165) is 25.8 Å². The SMILES string of the molecule is CCCN=C(N)NCCC(O)CC. The molecule has 0 saturated heterocycles. The van der Waals surface area contributed by atoms with Gasteiger partial charge in [0.15, 0.2) is 5.96 Å². The molecule has 13 heavy (non-hydrogen) atoms. The van der Waals surface area contributed by atoms with Gasteiger partial charge in [0.1, 0.15) is 0 Å². The zero-order chi connectivity index (χ0) is 10.1. The number of guanidine groups is 1. The monoisotopic (exact) mass is 187 g/mol. The second kappa shape index (κ2) is 7.86. The Kier molecular flexibility index (Phi) is 7.39. The maximum absolute atomic E-state index is 9.23. The summed E-state index contributed by atoms with van der Waals surface area (Å²) in [7, 11) is 0. The number of hydrogen-bond donors (Lipinski definition) is 3. The van der Waals surface area contributed by atoms with Crippen molar-refractivity contribution in [3.05, 3.63) is 0 Å². The molecule has 0 aliphatic carbocycles. The zero-order valence-electron chi connectivity index (χ0n) is 8.58. The molecule has 0 saturated carbocycles. The molecule has 0 fully saturated rings. The van der Waals surface area contributed by atoms with Crippen LogP contribution in [0.2, 0.25) is 0 Å². The predicted octanol–water partition coefficient (Wildman–Crippen LogP) is 0.462. The molecule has 0 rings (SSSR count). The van der Waals surface area contributed by atoms with Crippen molar-refractivity contribution in [2.24, 2.45) is 10.7 Å². The molecule has 0 amide bonds. The molecule has 1 atom stereocenters. The molecule has 0 spiro atoms. The summed E-state index contributed by atoms with van der Waals surface area (Å²) in [5, 5.41) is 12.2. The third-order valence-electron chi connectivity index (χ3n) is 1.76. The van der Waals surface area contributed by atoms with Crippen molar-refractivity contribution in [1.82, 2.24) is 5.32 Å². The van der Waals surface area contributed by atoms with Crippen molar-refractivity contribution in [2.75, 3.05) is 13.1 Å². The Hall–Kier alpha value is -0.770. The first-order chi connectivity index (χ1) is 6.20. The molecule has 0 aliphatic rings. The number of aliphatic hydroxyl groups excluding tert-OH is 1. The molecule has 0 radical (unpaired) electrons. The van der Waals surface area contributed by atoms with E-state index in [1.807, 2.05) is 6.92 Å². The van der Waals surface area contributed by atoms with Crippen LogP contribution in [-0.2, 0) is 0 Å². The van der Waals surface area contributed by atoms with Crippen LogP contribution < -0.4 is 11.1 Å². The molecular weight excluding hydrogens is 166 g/mol. The van der Waals surface area contributed by atoms with Crippen LogP contribution in [0.15, 0.2) is 4.99 Å². The van der Waals surface area contributed by atoms with Gasteiger partial charge in [-0.25, -0.2) is 0 Å². The van der Waals surface area contributed by atoms with Crippen molar-refractivity contribution < 1.29 is 5.11 Å². The zero-order valence-corrected chi connectivity index (χ0v) is 8.58. The Morgan fingerprint density at radius 1 is 1.54 bits per heavy atom. The van der Waals surface area contributed by atoms with E-state index in [1.54, 1.807) is 0 Å². The minimum Gasteiger partial charge on any atom is -0.393 e. The highest BCUT2D eigenvalue weighted by Crippen LogP contribution is 1.93. The number of rotatable bonds is 6. The minimum atomic E-state index is -0.230. The van der Waals surface area contributed by atoms with Crippen molar-refractivity contribution in [3.63, 3.8) is 0 Å². The summed E-state index contributed by atoms with van der Waals surface area (Å²) in [6.07, 6.45) is 2.28. The van der Waals surface area contributed by atoms with Gasteiger partial charge in [-0.2, -0.15) is 0 Å². The molecule has 4 heteroatoms. The lowest BCUT2D eigenvalue weighted by atomic mass is 10.2. The van der Waals surface area contributed by atoms with Gasteiger partial charge in [0, 0.05) is 13.1 Å². The predicted molar refractivity (Wildman–Crippen MR) is 55.7 cm³/mol. The average Bonchev–Trinajstić information content (AvgIpc) is 2.14. The van der Waals surface area contributed by atoms with Gasteiger partial charge in [0.2, 0.25) is 0 Å². The van der Waals surface area contributed by atoms with Crippen LogP contribution in [0.4, 0.5) is 0 Å². The van der Waals surface area contributed by atoms with Gasteiger partial charge in [0.05, 0.1) is 6.10 Å². The first-order valence-electron chi connectivity index (χ1n) is 4.92. The van der Waals surface area contributed by atoms with Crippen LogP contribution in [0, 0.1) is 0 Å². The Labute approximate surface area is 80.2 Å². The average molecular weight is 187 g/mol. The van der Waals surface area contributed by atoms with E-state index < -0.39 is 0 Å². The molecule has 0 aromatic rings. The van der Waals surface area contributed by atoms with Crippen LogP contribution in [0.25, 0.3) is 0 Å².